The van der Waals surface area contributed by atoms with Gasteiger partial charge in [-0.2, -0.15) is 4.98 Å². The van der Waals surface area contributed by atoms with Crippen molar-refractivity contribution in [3.8, 4) is 0 Å². The van der Waals surface area contributed by atoms with Gasteiger partial charge < -0.3 is 14.8 Å². The molecule has 1 unspecified atom stereocenters. The van der Waals surface area contributed by atoms with Crippen molar-refractivity contribution >= 4 is 28.6 Å². The van der Waals surface area contributed by atoms with Crippen LogP contribution in [0.5, 0.6) is 0 Å². The third-order valence-corrected chi connectivity index (χ3v) is 2.72. The maximum atomic E-state index is 11.9. The Labute approximate surface area is 109 Å². The molecule has 0 bridgehead atoms. The second kappa shape index (κ2) is 5.37. The zero-order valence-electron chi connectivity index (χ0n) is 9.81. The number of hydrogen-bond donors (Lipinski definition) is 2. The number of hydrogen-bond acceptors (Lipinski definition) is 4. The van der Waals surface area contributed by atoms with Crippen molar-refractivity contribution in [2.75, 3.05) is 6.61 Å². The molecule has 0 aliphatic carbocycles. The molecule has 0 saturated heterocycles. The Morgan fingerprint density at radius 3 is 3.11 bits per heavy atom. The standard InChI is InChI=1S/C12H13ClN2O3/c1-7(4-5-16)14-11(17)8-2-3-10-9(6-8)15-12(13)18-10/h2-3,6-7,16H,4-5H2,1H3,(H,14,17). The molecule has 1 heterocycles. The number of fused-ring (bicyclic) bond motifs is 1. The van der Waals surface area contributed by atoms with E-state index in [2.05, 4.69) is 10.3 Å². The molecule has 0 radical (unpaired) electrons. The highest BCUT2D eigenvalue weighted by atomic mass is 35.5. The Morgan fingerprint density at radius 2 is 2.39 bits per heavy atom. The van der Waals surface area contributed by atoms with Crippen LogP contribution >= 0.6 is 11.6 Å². The number of benzene rings is 1. The van der Waals surface area contributed by atoms with E-state index in [1.807, 2.05) is 6.92 Å². The molecule has 1 amide bonds. The molecule has 1 aromatic heterocycles. The summed E-state index contributed by atoms with van der Waals surface area (Å²) in [5, 5.41) is 11.6. The van der Waals surface area contributed by atoms with E-state index in [1.54, 1.807) is 18.2 Å². The van der Waals surface area contributed by atoms with Gasteiger partial charge in [-0.05, 0) is 43.1 Å². The molecular formula is C12H13ClN2O3. The summed E-state index contributed by atoms with van der Waals surface area (Å²) in [6.45, 7) is 1.87. The Kier molecular flexibility index (Phi) is 3.84. The lowest BCUT2D eigenvalue weighted by molar-refractivity contribution is 0.0934. The van der Waals surface area contributed by atoms with Crippen LogP contribution in [-0.4, -0.2) is 28.6 Å². The summed E-state index contributed by atoms with van der Waals surface area (Å²) in [5.74, 6) is -0.211. The zero-order valence-corrected chi connectivity index (χ0v) is 10.6. The van der Waals surface area contributed by atoms with Crippen LogP contribution in [0, 0.1) is 0 Å². The first kappa shape index (κ1) is 12.9. The van der Waals surface area contributed by atoms with Crippen LogP contribution in [0.2, 0.25) is 5.35 Å². The number of carbonyl (C=O) groups excluding carboxylic acids is 1. The molecule has 1 aromatic carbocycles. The van der Waals surface area contributed by atoms with Gasteiger partial charge in [0.15, 0.2) is 5.58 Å². The third kappa shape index (κ3) is 2.80. The smallest absolute Gasteiger partial charge is 0.293 e. The van der Waals surface area contributed by atoms with E-state index < -0.39 is 0 Å². The van der Waals surface area contributed by atoms with Gasteiger partial charge in [0.2, 0.25) is 0 Å². The molecule has 6 heteroatoms. The van der Waals surface area contributed by atoms with Gasteiger partial charge in [0.05, 0.1) is 0 Å². The van der Waals surface area contributed by atoms with Crippen molar-refractivity contribution in [2.45, 2.75) is 19.4 Å². The van der Waals surface area contributed by atoms with Crippen LogP contribution in [0.25, 0.3) is 11.1 Å². The fraction of sp³-hybridized carbons (Fsp3) is 0.333. The molecule has 2 rings (SSSR count). The number of nitrogens with zero attached hydrogens (tertiary/aromatic N) is 1. The monoisotopic (exact) mass is 268 g/mol. The Bertz CT molecular complexity index is 567. The van der Waals surface area contributed by atoms with Crippen LogP contribution in [0.15, 0.2) is 22.6 Å². The topological polar surface area (TPSA) is 75.4 Å². The lowest BCUT2D eigenvalue weighted by atomic mass is 10.1. The zero-order chi connectivity index (χ0) is 13.1. The maximum Gasteiger partial charge on any atom is 0.293 e. The Morgan fingerprint density at radius 1 is 1.61 bits per heavy atom. The molecule has 2 N–H and O–H groups in total. The SMILES string of the molecule is CC(CCO)NC(=O)c1ccc2oc(Cl)nc2c1. The third-order valence-electron chi connectivity index (χ3n) is 2.56. The first-order valence-corrected chi connectivity index (χ1v) is 5.96. The van der Waals surface area contributed by atoms with E-state index >= 15 is 0 Å². The van der Waals surface area contributed by atoms with Gasteiger partial charge in [-0.15, -0.1) is 0 Å². The molecule has 96 valence electrons. The fourth-order valence-corrected chi connectivity index (χ4v) is 1.79. The number of rotatable bonds is 4. The van der Waals surface area contributed by atoms with Crippen molar-refractivity contribution in [1.29, 1.82) is 0 Å². The number of nitrogens with one attached hydrogen (secondary N) is 1. The lowest BCUT2D eigenvalue weighted by Crippen LogP contribution is -2.33. The van der Waals surface area contributed by atoms with Crippen LogP contribution in [0.1, 0.15) is 23.7 Å². The van der Waals surface area contributed by atoms with Crippen molar-refractivity contribution in [3.05, 3.63) is 29.1 Å². The molecule has 1 atom stereocenters. The summed E-state index contributed by atoms with van der Waals surface area (Å²) in [6, 6.07) is 4.83. The highest BCUT2D eigenvalue weighted by Gasteiger charge is 2.12. The van der Waals surface area contributed by atoms with E-state index in [4.69, 9.17) is 21.1 Å². The largest absolute Gasteiger partial charge is 0.428 e. The molecular weight excluding hydrogens is 256 g/mol. The van der Waals surface area contributed by atoms with E-state index in [0.717, 1.165) is 0 Å². The number of amides is 1. The highest BCUT2D eigenvalue weighted by Crippen LogP contribution is 2.19. The summed E-state index contributed by atoms with van der Waals surface area (Å²) in [7, 11) is 0. The van der Waals surface area contributed by atoms with Gasteiger partial charge >= 0.3 is 0 Å². The summed E-state index contributed by atoms with van der Waals surface area (Å²) < 4.78 is 5.11. The van der Waals surface area contributed by atoms with Gasteiger partial charge in [0, 0.05) is 18.2 Å². The molecule has 18 heavy (non-hydrogen) atoms. The van der Waals surface area contributed by atoms with Gasteiger partial charge in [0.25, 0.3) is 11.3 Å². The predicted molar refractivity (Wildman–Crippen MR) is 67.7 cm³/mol. The van der Waals surface area contributed by atoms with Crippen LogP contribution in [0.4, 0.5) is 0 Å². The van der Waals surface area contributed by atoms with Crippen LogP contribution < -0.4 is 5.32 Å². The van der Waals surface area contributed by atoms with Gasteiger partial charge in [-0.25, -0.2) is 0 Å². The normalized spacial score (nSPS) is 12.6. The molecule has 5 nitrogen and oxygen atoms in total. The molecule has 0 saturated carbocycles. The lowest BCUT2D eigenvalue weighted by Gasteiger charge is -2.12. The first-order chi connectivity index (χ1) is 8.60. The highest BCUT2D eigenvalue weighted by molar-refractivity contribution is 6.28. The number of halogens is 1. The van der Waals surface area contributed by atoms with Crippen LogP contribution in [0.3, 0.4) is 0 Å². The summed E-state index contributed by atoms with van der Waals surface area (Å²) in [4.78, 5) is 15.8. The van der Waals surface area contributed by atoms with Gasteiger partial charge in [0.1, 0.15) is 5.52 Å². The fourth-order valence-electron chi connectivity index (χ4n) is 1.61. The number of aliphatic hydroxyl groups excluding tert-OH is 1. The number of aromatic nitrogens is 1. The molecule has 0 spiro atoms. The Balaban J connectivity index is 2.17. The van der Waals surface area contributed by atoms with E-state index in [1.165, 1.54) is 0 Å². The first-order valence-electron chi connectivity index (χ1n) is 5.58. The van der Waals surface area contributed by atoms with Gasteiger partial charge in [-0.3, -0.25) is 4.79 Å². The van der Waals surface area contributed by atoms with Crippen molar-refractivity contribution in [2.24, 2.45) is 0 Å². The molecule has 0 aliphatic rings. The number of carbonyl (C=O) groups is 1. The average molecular weight is 269 g/mol. The van der Waals surface area contributed by atoms with E-state index in [-0.39, 0.29) is 23.9 Å². The molecule has 0 fully saturated rings. The minimum absolute atomic E-state index is 0.0410. The summed E-state index contributed by atoms with van der Waals surface area (Å²) in [6.07, 6.45) is 0.518. The summed E-state index contributed by atoms with van der Waals surface area (Å²) in [5.41, 5.74) is 1.57. The second-order valence-electron chi connectivity index (χ2n) is 4.04. The van der Waals surface area contributed by atoms with Gasteiger partial charge in [-0.1, -0.05) is 0 Å². The average Bonchev–Trinajstić information content (AvgIpc) is 2.68. The quantitative estimate of drug-likeness (QED) is 0.889. The minimum Gasteiger partial charge on any atom is -0.428 e. The Hall–Kier alpha value is -1.59. The number of oxazole rings is 1. The summed E-state index contributed by atoms with van der Waals surface area (Å²) >= 11 is 5.63. The van der Waals surface area contributed by atoms with E-state index in [9.17, 15) is 4.79 Å². The van der Waals surface area contributed by atoms with Crippen molar-refractivity contribution in [3.63, 3.8) is 0 Å². The second-order valence-corrected chi connectivity index (χ2v) is 4.36. The van der Waals surface area contributed by atoms with Crippen LogP contribution in [-0.2, 0) is 0 Å². The van der Waals surface area contributed by atoms with Crippen molar-refractivity contribution in [1.82, 2.24) is 10.3 Å². The minimum atomic E-state index is -0.211. The maximum absolute atomic E-state index is 11.9. The van der Waals surface area contributed by atoms with E-state index in [0.29, 0.717) is 23.1 Å². The number of aliphatic hydroxyl groups is 1. The molecule has 2 aromatic rings. The predicted octanol–water partition coefficient (Wildman–Crippen LogP) is 1.98. The van der Waals surface area contributed by atoms with Crippen molar-refractivity contribution < 1.29 is 14.3 Å². The molecule has 0 aliphatic heterocycles.